The molecule has 3 heterocycles. The number of aromatic nitrogens is 1. The maximum atomic E-state index is 5.49. The lowest BCUT2D eigenvalue weighted by Gasteiger charge is -2.04. The maximum Gasteiger partial charge on any atom is 0.149 e. The Morgan fingerprint density at radius 2 is 2.19 bits per heavy atom. The monoisotopic (exact) mass is 247 g/mol. The zero-order valence-electron chi connectivity index (χ0n) is 8.31. The van der Waals surface area contributed by atoms with Gasteiger partial charge in [-0.25, -0.2) is 10.8 Å². The topological polar surface area (TPSA) is 50.9 Å². The van der Waals surface area contributed by atoms with Crippen LogP contribution in [0.3, 0.4) is 0 Å². The fourth-order valence-corrected chi connectivity index (χ4v) is 3.11. The van der Waals surface area contributed by atoms with Crippen LogP contribution in [0.5, 0.6) is 0 Å². The minimum absolute atomic E-state index is 0.736. The van der Waals surface area contributed by atoms with E-state index in [1.54, 1.807) is 22.7 Å². The summed E-state index contributed by atoms with van der Waals surface area (Å²) in [5.41, 5.74) is 4.76. The molecule has 0 aromatic carbocycles. The van der Waals surface area contributed by atoms with Gasteiger partial charge in [0.05, 0.1) is 5.69 Å². The summed E-state index contributed by atoms with van der Waals surface area (Å²) in [6.45, 7) is 0. The lowest BCUT2D eigenvalue weighted by atomic mass is 10.2. The molecule has 16 heavy (non-hydrogen) atoms. The van der Waals surface area contributed by atoms with Crippen molar-refractivity contribution in [1.82, 2.24) is 4.98 Å². The van der Waals surface area contributed by atoms with E-state index in [0.717, 1.165) is 22.5 Å². The third kappa shape index (κ3) is 1.49. The quantitative estimate of drug-likeness (QED) is 0.539. The zero-order valence-corrected chi connectivity index (χ0v) is 9.94. The van der Waals surface area contributed by atoms with Crippen molar-refractivity contribution >= 4 is 38.6 Å². The Morgan fingerprint density at radius 1 is 1.25 bits per heavy atom. The number of anilines is 1. The molecule has 0 unspecified atom stereocenters. The van der Waals surface area contributed by atoms with Gasteiger partial charge in [-0.15, -0.1) is 11.3 Å². The first-order valence-corrected chi connectivity index (χ1v) is 6.58. The lowest BCUT2D eigenvalue weighted by molar-refractivity contribution is 1.26. The van der Waals surface area contributed by atoms with Crippen LogP contribution in [0.15, 0.2) is 34.3 Å². The summed E-state index contributed by atoms with van der Waals surface area (Å²) >= 11 is 3.36. The van der Waals surface area contributed by atoms with Crippen LogP contribution in [0.25, 0.3) is 21.3 Å². The van der Waals surface area contributed by atoms with E-state index >= 15 is 0 Å². The SMILES string of the molecule is NNc1nc(-c2ccsc2)cc2sccc12. The molecule has 0 aliphatic carbocycles. The van der Waals surface area contributed by atoms with Crippen LogP contribution in [0.2, 0.25) is 0 Å². The van der Waals surface area contributed by atoms with Gasteiger partial charge < -0.3 is 5.43 Å². The number of nitrogens with zero attached hydrogens (tertiary/aromatic N) is 1. The van der Waals surface area contributed by atoms with Crippen molar-refractivity contribution in [3.8, 4) is 11.3 Å². The molecule has 0 saturated carbocycles. The summed E-state index contributed by atoms with van der Waals surface area (Å²) in [5.74, 6) is 6.23. The van der Waals surface area contributed by atoms with Gasteiger partial charge in [0.15, 0.2) is 0 Å². The molecule has 3 aromatic rings. The standard InChI is InChI=1S/C11H9N3S2/c12-14-11-8-2-4-16-10(8)5-9(13-11)7-1-3-15-6-7/h1-6H,12H2,(H,13,14). The molecule has 5 heteroatoms. The number of nitrogens with one attached hydrogen (secondary N) is 1. The summed E-state index contributed by atoms with van der Waals surface area (Å²) in [4.78, 5) is 4.51. The fraction of sp³-hybridized carbons (Fsp3) is 0. The Hall–Kier alpha value is -1.43. The van der Waals surface area contributed by atoms with Crippen molar-refractivity contribution in [2.75, 3.05) is 5.43 Å². The van der Waals surface area contributed by atoms with Gasteiger partial charge >= 0.3 is 0 Å². The van der Waals surface area contributed by atoms with Gasteiger partial charge in [0.2, 0.25) is 0 Å². The molecule has 3 rings (SSSR count). The van der Waals surface area contributed by atoms with Crippen LogP contribution in [-0.4, -0.2) is 4.98 Å². The smallest absolute Gasteiger partial charge is 0.149 e. The number of rotatable bonds is 2. The molecule has 0 spiro atoms. The van der Waals surface area contributed by atoms with E-state index in [9.17, 15) is 0 Å². The second-order valence-electron chi connectivity index (χ2n) is 3.34. The number of hydrogen-bond donors (Lipinski definition) is 2. The molecule has 0 bridgehead atoms. The largest absolute Gasteiger partial charge is 0.308 e. The molecular weight excluding hydrogens is 238 g/mol. The van der Waals surface area contributed by atoms with Crippen molar-refractivity contribution < 1.29 is 0 Å². The van der Waals surface area contributed by atoms with E-state index in [1.165, 1.54) is 4.70 Å². The Balaban J connectivity index is 2.27. The molecule has 3 nitrogen and oxygen atoms in total. The first-order valence-electron chi connectivity index (χ1n) is 4.76. The molecule has 3 N–H and O–H groups in total. The number of thiophene rings is 2. The van der Waals surface area contributed by atoms with Crippen molar-refractivity contribution in [1.29, 1.82) is 0 Å². The molecule has 0 aliphatic rings. The van der Waals surface area contributed by atoms with E-state index in [-0.39, 0.29) is 0 Å². The van der Waals surface area contributed by atoms with Crippen molar-refractivity contribution in [2.45, 2.75) is 0 Å². The van der Waals surface area contributed by atoms with Crippen LogP contribution in [0, 0.1) is 0 Å². The maximum absolute atomic E-state index is 5.49. The predicted octanol–water partition coefficient (Wildman–Crippen LogP) is 3.31. The highest BCUT2D eigenvalue weighted by molar-refractivity contribution is 7.17. The molecule has 0 amide bonds. The molecule has 3 aromatic heterocycles. The van der Waals surface area contributed by atoms with Crippen LogP contribution in [0.1, 0.15) is 0 Å². The van der Waals surface area contributed by atoms with E-state index in [4.69, 9.17) is 5.84 Å². The van der Waals surface area contributed by atoms with Gasteiger partial charge in [0.1, 0.15) is 5.82 Å². The van der Waals surface area contributed by atoms with Gasteiger partial charge in [0, 0.05) is 21.0 Å². The van der Waals surface area contributed by atoms with E-state index < -0.39 is 0 Å². The predicted molar refractivity (Wildman–Crippen MR) is 70.7 cm³/mol. The highest BCUT2D eigenvalue weighted by atomic mass is 32.1. The molecular formula is C11H9N3S2. The number of hydrogen-bond acceptors (Lipinski definition) is 5. The van der Waals surface area contributed by atoms with Gasteiger partial charge in [0.25, 0.3) is 0 Å². The zero-order chi connectivity index (χ0) is 11.0. The normalized spacial score (nSPS) is 10.8. The number of fused-ring (bicyclic) bond motifs is 1. The average Bonchev–Trinajstić information content (AvgIpc) is 2.97. The Kier molecular flexibility index (Phi) is 2.36. The highest BCUT2D eigenvalue weighted by Crippen LogP contribution is 2.31. The highest BCUT2D eigenvalue weighted by Gasteiger charge is 2.07. The van der Waals surface area contributed by atoms with Gasteiger partial charge in [-0.2, -0.15) is 11.3 Å². The fourth-order valence-electron chi connectivity index (χ4n) is 1.63. The number of pyridine rings is 1. The van der Waals surface area contributed by atoms with Gasteiger partial charge in [-0.05, 0) is 29.0 Å². The van der Waals surface area contributed by atoms with Crippen LogP contribution in [0.4, 0.5) is 5.82 Å². The van der Waals surface area contributed by atoms with E-state index in [0.29, 0.717) is 0 Å². The molecule has 0 atom stereocenters. The third-order valence-electron chi connectivity index (χ3n) is 2.40. The number of hydrazine groups is 1. The van der Waals surface area contributed by atoms with Gasteiger partial charge in [-0.3, -0.25) is 0 Å². The minimum Gasteiger partial charge on any atom is -0.308 e. The molecule has 80 valence electrons. The Morgan fingerprint density at radius 3 is 2.94 bits per heavy atom. The van der Waals surface area contributed by atoms with Crippen molar-refractivity contribution in [3.63, 3.8) is 0 Å². The Bertz CT molecular complexity index is 613. The first kappa shape index (κ1) is 9.77. The second-order valence-corrected chi connectivity index (χ2v) is 5.07. The van der Waals surface area contributed by atoms with Crippen LogP contribution < -0.4 is 11.3 Å². The van der Waals surface area contributed by atoms with E-state index in [2.05, 4.69) is 27.9 Å². The van der Waals surface area contributed by atoms with Gasteiger partial charge in [-0.1, -0.05) is 0 Å². The summed E-state index contributed by atoms with van der Waals surface area (Å²) < 4.78 is 1.20. The van der Waals surface area contributed by atoms with E-state index in [1.807, 2.05) is 16.8 Å². The summed E-state index contributed by atoms with van der Waals surface area (Å²) in [6, 6.07) is 6.19. The molecule has 0 aliphatic heterocycles. The third-order valence-corrected chi connectivity index (χ3v) is 3.95. The minimum atomic E-state index is 0.736. The average molecular weight is 247 g/mol. The molecule has 0 saturated heterocycles. The Labute approximate surface area is 101 Å². The van der Waals surface area contributed by atoms with Crippen molar-refractivity contribution in [2.24, 2.45) is 5.84 Å². The molecule has 0 radical (unpaired) electrons. The molecule has 0 fully saturated rings. The number of nitrogen functional groups attached to an aromatic ring is 1. The number of nitrogens with two attached hydrogens (primary N) is 1. The van der Waals surface area contributed by atoms with Crippen molar-refractivity contribution in [3.05, 3.63) is 34.3 Å². The van der Waals surface area contributed by atoms with Crippen LogP contribution >= 0.6 is 22.7 Å². The summed E-state index contributed by atoms with van der Waals surface area (Å²) in [5, 5.41) is 7.25. The summed E-state index contributed by atoms with van der Waals surface area (Å²) in [7, 11) is 0. The van der Waals surface area contributed by atoms with Crippen LogP contribution in [-0.2, 0) is 0 Å². The lowest BCUT2D eigenvalue weighted by Crippen LogP contribution is -2.08. The summed E-state index contributed by atoms with van der Waals surface area (Å²) in [6.07, 6.45) is 0. The first-order chi connectivity index (χ1) is 7.88. The second kappa shape index (κ2) is 3.86.